The molecular weight excluding hydrogens is 943 g/mol. The summed E-state index contributed by atoms with van der Waals surface area (Å²) in [4.78, 5) is 29.8. The highest BCUT2D eigenvalue weighted by Gasteiger charge is 2.53. The number of hydrogen-bond donors (Lipinski definition) is 6. The van der Waals surface area contributed by atoms with Gasteiger partial charge in [-0.2, -0.15) is 0 Å². The molecule has 19 nitrogen and oxygen atoms in total. The molecule has 1 aromatic heterocycles. The highest BCUT2D eigenvalue weighted by Crippen LogP contribution is 2.40. The fraction of sp³-hybridized carbons (Fsp3) is 0.815. The molecule has 3 aliphatic heterocycles. The third-order valence-electron chi connectivity index (χ3n) is 16.1. The molecule has 0 aliphatic carbocycles. The van der Waals surface area contributed by atoms with Crippen LogP contribution in [0.2, 0.25) is 0 Å². The number of ketones is 1. The molecule has 19 heteroatoms. The summed E-state index contributed by atoms with van der Waals surface area (Å²) in [6.45, 7) is 18.8. The second-order valence-electron chi connectivity index (χ2n) is 22.5. The fourth-order valence-electron chi connectivity index (χ4n) is 11.4. The van der Waals surface area contributed by atoms with Gasteiger partial charge in [0, 0.05) is 63.2 Å². The summed E-state index contributed by atoms with van der Waals surface area (Å²) in [5.41, 5.74) is -1.87. The molecule has 416 valence electrons. The number of aliphatic hydroxyl groups excluding tert-OH is 4. The zero-order valence-corrected chi connectivity index (χ0v) is 45.9. The molecule has 73 heavy (non-hydrogen) atoms. The maximum atomic E-state index is 14.5. The zero-order valence-electron chi connectivity index (χ0n) is 45.9. The Bertz CT molecular complexity index is 2020. The Kier molecular flexibility index (Phi) is 22.0. The summed E-state index contributed by atoms with van der Waals surface area (Å²) in [6, 6.07) is 7.05. The largest absolute Gasteiger partial charge is 0.459 e. The molecule has 5 rings (SSSR count). The van der Waals surface area contributed by atoms with Crippen LogP contribution in [-0.4, -0.2) is 192 Å². The minimum absolute atomic E-state index is 0.0995. The Labute approximate surface area is 433 Å². The van der Waals surface area contributed by atoms with Gasteiger partial charge in [-0.25, -0.2) is 0 Å². The van der Waals surface area contributed by atoms with Crippen molar-refractivity contribution < 1.29 is 68.6 Å². The van der Waals surface area contributed by atoms with Crippen molar-refractivity contribution in [1.29, 1.82) is 0 Å². The first-order valence-electron chi connectivity index (χ1n) is 26.7. The van der Waals surface area contributed by atoms with Crippen LogP contribution in [0.5, 0.6) is 0 Å². The van der Waals surface area contributed by atoms with Crippen molar-refractivity contribution in [3.8, 4) is 11.3 Å². The van der Waals surface area contributed by atoms with Crippen LogP contribution in [0.15, 0.2) is 30.5 Å². The predicted molar refractivity (Wildman–Crippen MR) is 273 cm³/mol. The molecule has 3 saturated heterocycles. The predicted octanol–water partition coefficient (Wildman–Crippen LogP) is 4.24. The Hall–Kier alpha value is -3.02. The van der Waals surface area contributed by atoms with Crippen molar-refractivity contribution in [3.05, 3.63) is 36.0 Å². The molecule has 3 fully saturated rings. The number of hydrogen-bond acceptors (Lipinski definition) is 18. The van der Waals surface area contributed by atoms with Crippen molar-refractivity contribution >= 4 is 11.8 Å². The summed E-state index contributed by atoms with van der Waals surface area (Å²) >= 11 is 0. The second kappa shape index (κ2) is 26.4. The minimum Gasteiger partial charge on any atom is -0.459 e. The van der Waals surface area contributed by atoms with Gasteiger partial charge in [0.05, 0.1) is 47.7 Å². The van der Waals surface area contributed by atoms with E-state index in [1.165, 1.54) is 14.0 Å². The van der Waals surface area contributed by atoms with Crippen molar-refractivity contribution in [2.45, 2.75) is 230 Å². The van der Waals surface area contributed by atoms with Gasteiger partial charge in [0.15, 0.2) is 18.4 Å². The topological polar surface area (TPSA) is 248 Å². The summed E-state index contributed by atoms with van der Waals surface area (Å²) in [7, 11) is 5.29. The zero-order chi connectivity index (χ0) is 54.2. The summed E-state index contributed by atoms with van der Waals surface area (Å²) in [5.74, 6) is -2.92. The van der Waals surface area contributed by atoms with Crippen molar-refractivity contribution in [3.63, 3.8) is 0 Å². The third kappa shape index (κ3) is 15.4. The van der Waals surface area contributed by atoms with Crippen molar-refractivity contribution in [2.24, 2.45) is 17.8 Å². The summed E-state index contributed by atoms with van der Waals surface area (Å²) < 4.78 is 40.2. The molecule has 4 heterocycles. The van der Waals surface area contributed by atoms with Crippen LogP contribution >= 0.6 is 0 Å². The number of ether oxygens (including phenoxy) is 6. The number of aryl methyl sites for hydroxylation is 1. The maximum absolute atomic E-state index is 14.5. The molecule has 6 N–H and O–H groups in total. The van der Waals surface area contributed by atoms with Gasteiger partial charge in [-0.3, -0.25) is 19.2 Å². The number of aromatic nitrogens is 3. The normalized spacial score (nSPS) is 38.7. The number of esters is 1. The second-order valence-corrected chi connectivity index (χ2v) is 22.5. The van der Waals surface area contributed by atoms with E-state index in [0.29, 0.717) is 32.5 Å². The molecule has 18 atom stereocenters. The van der Waals surface area contributed by atoms with E-state index >= 15 is 0 Å². The first-order valence-corrected chi connectivity index (χ1v) is 26.7. The fourth-order valence-corrected chi connectivity index (χ4v) is 11.4. The Balaban J connectivity index is 1.40. The Morgan fingerprint density at radius 2 is 1.60 bits per heavy atom. The van der Waals surface area contributed by atoms with Gasteiger partial charge in [-0.1, -0.05) is 63.1 Å². The van der Waals surface area contributed by atoms with Crippen LogP contribution in [0.25, 0.3) is 11.3 Å². The van der Waals surface area contributed by atoms with E-state index in [4.69, 9.17) is 33.5 Å². The Morgan fingerprint density at radius 1 is 0.932 bits per heavy atom. The van der Waals surface area contributed by atoms with Gasteiger partial charge in [0.1, 0.15) is 42.3 Å². The molecule has 1 aromatic carbocycles. The monoisotopic (exact) mass is 1030 g/mol. The van der Waals surface area contributed by atoms with Crippen molar-refractivity contribution in [2.75, 3.05) is 34.4 Å². The SMILES string of the molecule is CC[C@H]1OC(=O)[C@H](C)[C@@H](O[C@H]2C[C@@](C)(OC)[C@@H](O)[C@H](C)O2)[C@H](C)[C@@H](O[C@@H]2O[C@H](C)C[C@H](N(C)Cc3ccc(-c4cn(CCCCCCC(=O)CO)nn4)cc3)[C@H]2O)[C@](C)(O)C[C@@H](C)CN(C)[C@H](C)[C@@H](O)[C@]1(C)O. The first kappa shape index (κ1) is 60.8. The number of benzene rings is 1. The lowest BCUT2D eigenvalue weighted by Gasteiger charge is -2.49. The molecule has 0 bridgehead atoms. The maximum Gasteiger partial charge on any atom is 0.311 e. The number of carbonyl (C=O) groups excluding carboxylic acids is 2. The lowest BCUT2D eigenvalue weighted by molar-refractivity contribution is -0.318. The molecule has 0 spiro atoms. The van der Waals surface area contributed by atoms with Gasteiger partial charge in [-0.15, -0.1) is 5.10 Å². The van der Waals surface area contributed by atoms with E-state index in [-0.39, 0.29) is 37.1 Å². The van der Waals surface area contributed by atoms with Crippen LogP contribution < -0.4 is 0 Å². The van der Waals surface area contributed by atoms with Gasteiger partial charge in [0.2, 0.25) is 0 Å². The van der Waals surface area contributed by atoms with E-state index in [2.05, 4.69) is 15.2 Å². The number of unbranched alkanes of at least 4 members (excludes halogenated alkanes) is 3. The molecule has 3 aliphatic rings. The summed E-state index contributed by atoms with van der Waals surface area (Å²) in [5, 5.41) is 77.4. The highest BCUT2D eigenvalue weighted by molar-refractivity contribution is 5.79. The minimum atomic E-state index is -1.84. The lowest BCUT2D eigenvalue weighted by atomic mass is 9.77. The molecule has 2 aromatic rings. The van der Waals surface area contributed by atoms with E-state index < -0.39 is 109 Å². The van der Waals surface area contributed by atoms with Crippen molar-refractivity contribution in [1.82, 2.24) is 24.8 Å². The van der Waals surface area contributed by atoms with E-state index in [1.54, 1.807) is 41.5 Å². The number of likely N-dealkylation sites (N-methyl/N-ethyl adjacent to an activating group) is 2. The quantitative estimate of drug-likeness (QED) is 0.0903. The van der Waals surface area contributed by atoms with E-state index in [1.807, 2.05) is 74.9 Å². The number of methoxy groups -OCH3 is 1. The Morgan fingerprint density at radius 3 is 2.25 bits per heavy atom. The molecular formula is C54H91N5O14. The number of aliphatic hydroxyl groups is 6. The molecule has 0 amide bonds. The number of carbonyl (C=O) groups is 2. The van der Waals surface area contributed by atoms with Gasteiger partial charge in [0.25, 0.3) is 0 Å². The molecule has 0 saturated carbocycles. The molecule has 0 radical (unpaired) electrons. The summed E-state index contributed by atoms with van der Waals surface area (Å²) in [6.07, 6.45) is -3.23. The van der Waals surface area contributed by atoms with Crippen LogP contribution in [0.4, 0.5) is 0 Å². The van der Waals surface area contributed by atoms with E-state index in [0.717, 1.165) is 42.5 Å². The standard InChI is InChI=1S/C54H91N5O14/c1-14-43-54(10,67)47(63)36(6)57(11)28-32(2)26-52(8,66)49(34(4)46(35(5)50(65)71-43)72-44-27-53(9,68-13)48(64)37(7)70-44)73-51-45(62)42(25-33(3)69-51)58(12)29-38-20-22-39(23-21-38)41-30-59(56-55-41)24-18-16-15-17-19-40(61)31-60/h20-23,30,32-37,42-49,51,60,62-64,66-67H,14-19,24-29,31H2,1-13H3/t32-,33-,34+,35-,36-,37+,42+,43-,44+,45-,46+,47-,48+,49-,51+,52-,53-,54-/m1/s1. The van der Waals surface area contributed by atoms with Crippen LogP contribution in [0.1, 0.15) is 133 Å². The number of rotatable bonds is 18. The number of nitrogens with zero attached hydrogens (tertiary/aromatic N) is 5. The lowest BCUT2D eigenvalue weighted by Crippen LogP contribution is -2.60. The van der Waals surface area contributed by atoms with Crippen LogP contribution in [-0.2, 0) is 51.1 Å². The number of Topliss-reactive ketones (excluding diaryl/α,β-unsaturated/α-hetero) is 1. The average Bonchev–Trinajstić information content (AvgIpc) is 3.82. The van der Waals surface area contributed by atoms with Crippen LogP contribution in [0, 0.1) is 17.8 Å². The average molecular weight is 1030 g/mol. The third-order valence-corrected chi connectivity index (χ3v) is 16.1. The molecule has 0 unspecified atom stereocenters. The number of cyclic esters (lactones) is 1. The van der Waals surface area contributed by atoms with Gasteiger partial charge in [-0.05, 0) is 106 Å². The highest BCUT2D eigenvalue weighted by atomic mass is 16.7. The van der Waals surface area contributed by atoms with Gasteiger partial charge < -0.3 is 64.0 Å². The smallest absolute Gasteiger partial charge is 0.311 e. The van der Waals surface area contributed by atoms with Crippen LogP contribution in [0.3, 0.4) is 0 Å². The van der Waals surface area contributed by atoms with E-state index in [9.17, 15) is 35.1 Å². The van der Waals surface area contributed by atoms with Gasteiger partial charge >= 0.3 is 5.97 Å². The first-order chi connectivity index (χ1) is 34.3.